The maximum absolute atomic E-state index is 12.3. The highest BCUT2D eigenvalue weighted by Gasteiger charge is 2.20. The first-order valence-corrected chi connectivity index (χ1v) is 8.53. The number of anilines is 1. The maximum Gasteiger partial charge on any atom is 0.262 e. The maximum atomic E-state index is 12.3. The zero-order valence-corrected chi connectivity index (χ0v) is 14.7. The topological polar surface area (TPSA) is 102 Å². The van der Waals surface area contributed by atoms with Crippen molar-refractivity contribution in [1.82, 2.24) is 9.46 Å². The normalized spacial score (nSPS) is 11.5. The molecule has 1 aromatic carbocycles. The SMILES string of the molecule is Cc1cc(OCC(=O)Nc2ccc(C)c(S(=O)(=O)N(C)C)c2)no1. The van der Waals surface area contributed by atoms with Crippen LogP contribution >= 0.6 is 0 Å². The summed E-state index contributed by atoms with van der Waals surface area (Å²) in [7, 11) is -0.686. The number of hydrogen-bond acceptors (Lipinski definition) is 6. The predicted molar refractivity (Wildman–Crippen MR) is 87.4 cm³/mol. The number of carbonyl (C=O) groups is 1. The van der Waals surface area contributed by atoms with E-state index in [-0.39, 0.29) is 17.4 Å². The fourth-order valence-corrected chi connectivity index (χ4v) is 3.04. The van der Waals surface area contributed by atoms with Crippen LogP contribution in [0.1, 0.15) is 11.3 Å². The number of amides is 1. The van der Waals surface area contributed by atoms with Crippen molar-refractivity contribution < 1.29 is 22.5 Å². The van der Waals surface area contributed by atoms with Gasteiger partial charge in [0.2, 0.25) is 10.0 Å². The molecule has 0 spiro atoms. The fourth-order valence-electron chi connectivity index (χ4n) is 1.90. The molecule has 9 heteroatoms. The van der Waals surface area contributed by atoms with Crippen LogP contribution in [0.25, 0.3) is 0 Å². The van der Waals surface area contributed by atoms with E-state index in [1.54, 1.807) is 32.0 Å². The van der Waals surface area contributed by atoms with E-state index in [1.165, 1.54) is 20.2 Å². The van der Waals surface area contributed by atoms with Gasteiger partial charge < -0.3 is 14.6 Å². The number of sulfonamides is 1. The molecule has 0 radical (unpaired) electrons. The molecule has 0 fully saturated rings. The number of nitrogens with zero attached hydrogens (tertiary/aromatic N) is 2. The van der Waals surface area contributed by atoms with Crippen LogP contribution in [0.4, 0.5) is 5.69 Å². The van der Waals surface area contributed by atoms with Crippen LogP contribution in [0.2, 0.25) is 0 Å². The smallest absolute Gasteiger partial charge is 0.262 e. The van der Waals surface area contributed by atoms with Crippen LogP contribution in [0, 0.1) is 13.8 Å². The number of hydrogen-bond donors (Lipinski definition) is 1. The monoisotopic (exact) mass is 353 g/mol. The number of nitrogens with one attached hydrogen (secondary N) is 1. The van der Waals surface area contributed by atoms with E-state index in [2.05, 4.69) is 10.5 Å². The summed E-state index contributed by atoms with van der Waals surface area (Å²) < 4.78 is 35.7. The van der Waals surface area contributed by atoms with E-state index in [4.69, 9.17) is 9.26 Å². The van der Waals surface area contributed by atoms with Crippen LogP contribution in [-0.4, -0.2) is 44.5 Å². The van der Waals surface area contributed by atoms with Crippen molar-refractivity contribution >= 4 is 21.6 Å². The first-order chi connectivity index (χ1) is 11.2. The average molecular weight is 353 g/mol. The summed E-state index contributed by atoms with van der Waals surface area (Å²) in [5.74, 6) is 0.345. The van der Waals surface area contributed by atoms with Gasteiger partial charge in [-0.2, -0.15) is 0 Å². The third-order valence-electron chi connectivity index (χ3n) is 3.19. The van der Waals surface area contributed by atoms with Crippen molar-refractivity contribution in [2.24, 2.45) is 0 Å². The largest absolute Gasteiger partial charge is 0.465 e. The van der Waals surface area contributed by atoms with Crippen LogP contribution in [0.15, 0.2) is 33.7 Å². The molecule has 0 bridgehead atoms. The standard InChI is InChI=1S/C15H19N3O5S/c1-10-5-6-12(8-13(10)24(20,21)18(3)4)16-14(19)9-22-15-7-11(2)23-17-15/h5-8H,9H2,1-4H3,(H,16,19). The highest BCUT2D eigenvalue weighted by atomic mass is 32.2. The molecule has 2 rings (SSSR count). The Morgan fingerprint density at radius 2 is 2.00 bits per heavy atom. The zero-order chi connectivity index (χ0) is 17.9. The van der Waals surface area contributed by atoms with Crippen molar-refractivity contribution in [3.8, 4) is 5.88 Å². The van der Waals surface area contributed by atoms with Crippen molar-refractivity contribution in [3.63, 3.8) is 0 Å². The van der Waals surface area contributed by atoms with Crippen molar-refractivity contribution in [2.75, 3.05) is 26.0 Å². The number of aryl methyl sites for hydroxylation is 2. The molecule has 0 aliphatic rings. The Kier molecular flexibility index (Phi) is 5.25. The van der Waals surface area contributed by atoms with Crippen LogP contribution < -0.4 is 10.1 Å². The molecule has 0 unspecified atom stereocenters. The van der Waals surface area contributed by atoms with E-state index in [9.17, 15) is 13.2 Å². The fraction of sp³-hybridized carbons (Fsp3) is 0.333. The number of aromatic nitrogens is 1. The molecule has 1 aromatic heterocycles. The molecule has 0 atom stereocenters. The number of ether oxygens (including phenoxy) is 1. The van der Waals surface area contributed by atoms with Gasteiger partial charge in [-0.3, -0.25) is 4.79 Å². The summed E-state index contributed by atoms with van der Waals surface area (Å²) in [6.45, 7) is 3.13. The van der Waals surface area contributed by atoms with E-state index < -0.39 is 15.9 Å². The minimum atomic E-state index is -3.59. The second-order valence-corrected chi connectivity index (χ2v) is 7.50. The Morgan fingerprint density at radius 1 is 1.29 bits per heavy atom. The van der Waals surface area contributed by atoms with Gasteiger partial charge in [0.05, 0.1) is 4.90 Å². The lowest BCUT2D eigenvalue weighted by molar-refractivity contribution is -0.118. The molecule has 130 valence electrons. The number of benzene rings is 1. The lowest BCUT2D eigenvalue weighted by Gasteiger charge is -2.15. The molecule has 0 saturated heterocycles. The minimum Gasteiger partial charge on any atom is -0.465 e. The molecule has 1 amide bonds. The predicted octanol–water partition coefficient (Wildman–Crippen LogP) is 1.56. The Bertz CT molecular complexity index is 843. The molecule has 8 nitrogen and oxygen atoms in total. The third kappa shape index (κ3) is 4.12. The molecular weight excluding hydrogens is 334 g/mol. The van der Waals surface area contributed by atoms with Gasteiger partial charge in [-0.1, -0.05) is 6.07 Å². The van der Waals surface area contributed by atoms with Crippen LogP contribution in [0.5, 0.6) is 5.88 Å². The number of carbonyl (C=O) groups excluding carboxylic acids is 1. The van der Waals surface area contributed by atoms with E-state index >= 15 is 0 Å². The van der Waals surface area contributed by atoms with Crippen molar-refractivity contribution in [2.45, 2.75) is 18.7 Å². The molecule has 0 saturated carbocycles. The van der Waals surface area contributed by atoms with Crippen molar-refractivity contribution in [3.05, 3.63) is 35.6 Å². The second-order valence-electron chi connectivity index (χ2n) is 5.38. The number of rotatable bonds is 6. The van der Waals surface area contributed by atoms with E-state index in [0.29, 0.717) is 17.0 Å². The van der Waals surface area contributed by atoms with Gasteiger partial charge in [0.15, 0.2) is 6.61 Å². The molecule has 2 aromatic rings. The van der Waals surface area contributed by atoms with Gasteiger partial charge in [0.1, 0.15) is 5.76 Å². The van der Waals surface area contributed by atoms with Gasteiger partial charge >= 0.3 is 0 Å². The quantitative estimate of drug-likeness (QED) is 0.845. The van der Waals surface area contributed by atoms with Gasteiger partial charge in [0.25, 0.3) is 11.8 Å². The Hall–Kier alpha value is -2.39. The lowest BCUT2D eigenvalue weighted by atomic mass is 10.2. The molecule has 0 aliphatic carbocycles. The minimum absolute atomic E-state index is 0.137. The highest BCUT2D eigenvalue weighted by Crippen LogP contribution is 2.22. The van der Waals surface area contributed by atoms with E-state index in [1.807, 2.05) is 0 Å². The van der Waals surface area contributed by atoms with Gasteiger partial charge in [-0.15, -0.1) is 0 Å². The third-order valence-corrected chi connectivity index (χ3v) is 5.15. The van der Waals surface area contributed by atoms with Crippen molar-refractivity contribution in [1.29, 1.82) is 0 Å². The molecular formula is C15H19N3O5S. The van der Waals surface area contributed by atoms with Gasteiger partial charge in [-0.25, -0.2) is 12.7 Å². The average Bonchev–Trinajstić information content (AvgIpc) is 2.92. The molecule has 0 aliphatic heterocycles. The molecule has 1 N–H and O–H groups in total. The summed E-state index contributed by atoms with van der Waals surface area (Å²) in [6.07, 6.45) is 0. The van der Waals surface area contributed by atoms with Gasteiger partial charge in [-0.05, 0) is 36.7 Å². The summed E-state index contributed by atoms with van der Waals surface area (Å²) in [6, 6.07) is 6.24. The Morgan fingerprint density at radius 3 is 2.58 bits per heavy atom. The van der Waals surface area contributed by atoms with E-state index in [0.717, 1.165) is 4.31 Å². The summed E-state index contributed by atoms with van der Waals surface area (Å²) in [4.78, 5) is 12.1. The highest BCUT2D eigenvalue weighted by molar-refractivity contribution is 7.89. The molecule has 24 heavy (non-hydrogen) atoms. The first-order valence-electron chi connectivity index (χ1n) is 7.09. The first kappa shape index (κ1) is 18.0. The summed E-state index contributed by atoms with van der Waals surface area (Å²) >= 11 is 0. The molecule has 1 heterocycles. The van der Waals surface area contributed by atoms with Gasteiger partial charge in [0, 0.05) is 25.8 Å². The van der Waals surface area contributed by atoms with Crippen LogP contribution in [0.3, 0.4) is 0 Å². The Balaban J connectivity index is 2.08. The van der Waals surface area contributed by atoms with Crippen LogP contribution in [-0.2, 0) is 14.8 Å². The zero-order valence-electron chi connectivity index (χ0n) is 13.9. The Labute approximate surface area is 140 Å². The summed E-state index contributed by atoms with van der Waals surface area (Å²) in [5, 5.41) is 6.20. The summed E-state index contributed by atoms with van der Waals surface area (Å²) in [5.41, 5.74) is 0.960. The second kappa shape index (κ2) is 7.02. The lowest BCUT2D eigenvalue weighted by Crippen LogP contribution is -2.24.